The fraction of sp³-hybridized carbons (Fsp3) is 0.520. The molecule has 216 valence electrons. The maximum Gasteiger partial charge on any atom is 0.239 e. The summed E-state index contributed by atoms with van der Waals surface area (Å²) in [4.78, 5) is 70.7. The van der Waals surface area contributed by atoms with Crippen molar-refractivity contribution in [1.82, 2.24) is 26.6 Å². The molecule has 3 atom stereocenters. The number of hydrogen-bond acceptors (Lipinski definition) is 8. The number of benzene rings is 1. The Bertz CT molecular complexity index is 975. The minimum Gasteiger partial charge on any atom is -0.368 e. The van der Waals surface area contributed by atoms with Gasteiger partial charge in [0, 0.05) is 31.5 Å². The van der Waals surface area contributed by atoms with E-state index in [1.54, 1.807) is 0 Å². The van der Waals surface area contributed by atoms with Crippen LogP contribution in [0.15, 0.2) is 30.3 Å². The van der Waals surface area contributed by atoms with E-state index < -0.39 is 41.6 Å². The summed E-state index contributed by atoms with van der Waals surface area (Å²) in [7, 11) is 0. The minimum atomic E-state index is -0.906. The summed E-state index contributed by atoms with van der Waals surface area (Å²) in [6.45, 7) is 1.13. The third-order valence-corrected chi connectivity index (χ3v) is 5.58. The molecule has 0 aliphatic carbocycles. The summed E-state index contributed by atoms with van der Waals surface area (Å²) >= 11 is 0. The van der Waals surface area contributed by atoms with Crippen molar-refractivity contribution in [3.8, 4) is 0 Å². The second-order valence-corrected chi connectivity index (χ2v) is 9.09. The summed E-state index contributed by atoms with van der Waals surface area (Å²) in [5, 5.41) is 13.2. The van der Waals surface area contributed by atoms with Crippen molar-refractivity contribution in [2.45, 2.75) is 57.2 Å². The lowest BCUT2D eigenvalue weighted by atomic mass is 10.1. The van der Waals surface area contributed by atoms with Crippen molar-refractivity contribution < 1.29 is 28.8 Å². The molecule has 0 radical (unpaired) electrons. The van der Waals surface area contributed by atoms with E-state index in [-0.39, 0.29) is 63.8 Å². The van der Waals surface area contributed by atoms with E-state index in [2.05, 4.69) is 26.6 Å². The van der Waals surface area contributed by atoms with Gasteiger partial charge in [0.05, 0.1) is 25.7 Å². The molecule has 0 bridgehead atoms. The zero-order chi connectivity index (χ0) is 29.2. The molecule has 0 fully saturated rings. The lowest BCUT2D eigenvalue weighted by Gasteiger charge is -2.22. The van der Waals surface area contributed by atoms with Gasteiger partial charge in [-0.25, -0.2) is 0 Å². The minimum absolute atomic E-state index is 0.0276. The molecule has 0 aliphatic rings. The van der Waals surface area contributed by atoms with Gasteiger partial charge in [-0.2, -0.15) is 0 Å². The van der Waals surface area contributed by atoms with Gasteiger partial charge < -0.3 is 43.8 Å². The highest BCUT2D eigenvalue weighted by Crippen LogP contribution is 2.03. The fourth-order valence-corrected chi connectivity index (χ4v) is 3.61. The molecule has 11 N–H and O–H groups in total. The lowest BCUT2D eigenvalue weighted by Crippen LogP contribution is -2.50. The lowest BCUT2D eigenvalue weighted by molar-refractivity contribution is -0.127. The highest BCUT2D eigenvalue weighted by Gasteiger charge is 2.20. The number of carbonyl (C=O) groups is 6. The van der Waals surface area contributed by atoms with Gasteiger partial charge >= 0.3 is 0 Å². The number of carbonyl (C=O) groups excluding carboxylic acids is 6. The van der Waals surface area contributed by atoms with E-state index in [9.17, 15) is 28.8 Å². The van der Waals surface area contributed by atoms with Gasteiger partial charge in [-0.1, -0.05) is 30.3 Å². The SMILES string of the molecule is CC(Cc1ccccc1)NC(=O)CNC(=O)CCC(NCC(CCC(=O)NCC(N)=O)NC(=O)CN)C(N)=O. The van der Waals surface area contributed by atoms with Crippen molar-refractivity contribution in [2.75, 3.05) is 26.2 Å². The predicted molar refractivity (Wildman–Crippen MR) is 143 cm³/mol. The number of primary amides is 2. The molecule has 14 heteroatoms. The van der Waals surface area contributed by atoms with Gasteiger partial charge in [0.15, 0.2) is 0 Å². The predicted octanol–water partition coefficient (Wildman–Crippen LogP) is -3.10. The summed E-state index contributed by atoms with van der Waals surface area (Å²) in [6, 6.07) is 8.06. The topological polar surface area (TPSA) is 241 Å². The van der Waals surface area contributed by atoms with Crippen LogP contribution in [0.1, 0.15) is 38.2 Å². The first-order valence-corrected chi connectivity index (χ1v) is 12.7. The third kappa shape index (κ3) is 15.7. The molecule has 0 aromatic heterocycles. The van der Waals surface area contributed by atoms with Crippen molar-refractivity contribution >= 4 is 35.4 Å². The van der Waals surface area contributed by atoms with Gasteiger partial charge in [0.25, 0.3) is 0 Å². The highest BCUT2D eigenvalue weighted by molar-refractivity contribution is 5.86. The second kappa shape index (κ2) is 18.3. The Labute approximate surface area is 227 Å². The Morgan fingerprint density at radius 2 is 1.41 bits per heavy atom. The molecule has 1 aromatic carbocycles. The number of nitrogens with one attached hydrogen (secondary N) is 5. The fourth-order valence-electron chi connectivity index (χ4n) is 3.61. The van der Waals surface area contributed by atoms with Gasteiger partial charge in [-0.15, -0.1) is 0 Å². The largest absolute Gasteiger partial charge is 0.368 e. The molecular weight excluding hydrogens is 508 g/mol. The number of hydrogen-bond donors (Lipinski definition) is 8. The Hall–Kier alpha value is -4.04. The molecule has 0 aliphatic heterocycles. The van der Waals surface area contributed by atoms with Gasteiger partial charge in [0.2, 0.25) is 35.4 Å². The van der Waals surface area contributed by atoms with Crippen LogP contribution in [0.25, 0.3) is 0 Å². The summed E-state index contributed by atoms with van der Waals surface area (Å²) in [5.41, 5.74) is 16.9. The molecule has 0 saturated carbocycles. The molecule has 0 spiro atoms. The molecular formula is C25H40N8O6. The second-order valence-electron chi connectivity index (χ2n) is 9.09. The highest BCUT2D eigenvalue weighted by atomic mass is 16.2. The maximum absolute atomic E-state index is 12.2. The van der Waals surface area contributed by atoms with E-state index in [0.29, 0.717) is 6.42 Å². The standard InChI is InChI=1S/C25H40N8O6/c1-16(11-17-5-3-2-4-6-17)32-24(38)15-31-22(36)10-8-19(25(28)39)29-13-18(33-23(37)12-26)7-9-21(35)30-14-20(27)34/h2-6,16,18-19,29H,7-15,26H2,1H3,(H2,27,34)(H2,28,39)(H,30,35)(H,31,36)(H,32,38)(H,33,37). The first kappa shape index (κ1) is 33.0. The van der Waals surface area contributed by atoms with E-state index >= 15 is 0 Å². The Balaban J connectivity index is 2.47. The molecule has 0 saturated heterocycles. The molecule has 6 amide bonds. The molecule has 1 rings (SSSR count). The Morgan fingerprint density at radius 3 is 2.00 bits per heavy atom. The van der Waals surface area contributed by atoms with Crippen LogP contribution >= 0.6 is 0 Å². The van der Waals surface area contributed by atoms with E-state index in [1.165, 1.54) is 0 Å². The van der Waals surface area contributed by atoms with Crippen molar-refractivity contribution in [1.29, 1.82) is 0 Å². The number of amides is 6. The van der Waals surface area contributed by atoms with Crippen LogP contribution < -0.4 is 43.8 Å². The quantitative estimate of drug-likeness (QED) is 0.0878. The monoisotopic (exact) mass is 548 g/mol. The number of nitrogens with two attached hydrogens (primary N) is 3. The first-order valence-electron chi connectivity index (χ1n) is 12.7. The molecule has 3 unspecified atom stereocenters. The van der Waals surface area contributed by atoms with Crippen LogP contribution in [0.2, 0.25) is 0 Å². The van der Waals surface area contributed by atoms with E-state index in [4.69, 9.17) is 17.2 Å². The molecule has 14 nitrogen and oxygen atoms in total. The smallest absolute Gasteiger partial charge is 0.239 e. The average Bonchev–Trinajstić information content (AvgIpc) is 2.89. The number of rotatable bonds is 19. The van der Waals surface area contributed by atoms with E-state index in [0.717, 1.165) is 5.56 Å². The van der Waals surface area contributed by atoms with Crippen LogP contribution in [0.4, 0.5) is 0 Å². The summed E-state index contributed by atoms with van der Waals surface area (Å²) < 4.78 is 0. The molecule has 0 heterocycles. The van der Waals surface area contributed by atoms with Gasteiger partial charge in [-0.05, 0) is 31.7 Å². The third-order valence-electron chi connectivity index (χ3n) is 5.58. The van der Waals surface area contributed by atoms with Crippen LogP contribution in [0.5, 0.6) is 0 Å². The first-order chi connectivity index (χ1) is 18.5. The van der Waals surface area contributed by atoms with Crippen molar-refractivity contribution in [3.63, 3.8) is 0 Å². The Morgan fingerprint density at radius 1 is 0.795 bits per heavy atom. The Kier molecular flexibility index (Phi) is 15.4. The van der Waals surface area contributed by atoms with Crippen LogP contribution in [0, 0.1) is 0 Å². The van der Waals surface area contributed by atoms with Gasteiger partial charge in [0.1, 0.15) is 0 Å². The average molecular weight is 549 g/mol. The van der Waals surface area contributed by atoms with E-state index in [1.807, 2.05) is 37.3 Å². The van der Waals surface area contributed by atoms with Crippen LogP contribution in [-0.2, 0) is 35.2 Å². The van der Waals surface area contributed by atoms with Crippen molar-refractivity contribution in [3.05, 3.63) is 35.9 Å². The van der Waals surface area contributed by atoms with Crippen molar-refractivity contribution in [2.24, 2.45) is 17.2 Å². The molecule has 1 aromatic rings. The normalized spacial score (nSPS) is 12.9. The summed E-state index contributed by atoms with van der Waals surface area (Å²) in [5.74, 6) is -3.08. The van der Waals surface area contributed by atoms with Crippen LogP contribution in [0.3, 0.4) is 0 Å². The van der Waals surface area contributed by atoms with Crippen LogP contribution in [-0.4, -0.2) is 79.7 Å². The zero-order valence-corrected chi connectivity index (χ0v) is 22.2. The zero-order valence-electron chi connectivity index (χ0n) is 22.2. The van der Waals surface area contributed by atoms with Gasteiger partial charge in [-0.3, -0.25) is 28.8 Å². The maximum atomic E-state index is 12.2. The summed E-state index contributed by atoms with van der Waals surface area (Å²) in [6.07, 6.45) is 0.761. The molecule has 39 heavy (non-hydrogen) atoms.